The van der Waals surface area contributed by atoms with E-state index in [9.17, 15) is 4.79 Å². The highest BCUT2D eigenvalue weighted by Gasteiger charge is 2.15. The van der Waals surface area contributed by atoms with Crippen molar-refractivity contribution in [2.24, 2.45) is 5.92 Å². The minimum absolute atomic E-state index is 0.0161. The topological polar surface area (TPSA) is 70.8 Å². The molecule has 0 atom stereocenters. The monoisotopic (exact) mass is 423 g/mol. The fourth-order valence-corrected chi connectivity index (χ4v) is 3.09. The number of benzene rings is 2. The summed E-state index contributed by atoms with van der Waals surface area (Å²) in [7, 11) is 1.61. The van der Waals surface area contributed by atoms with Gasteiger partial charge in [0.05, 0.1) is 31.6 Å². The number of methoxy groups -OCH3 is 1. The first-order valence-electron chi connectivity index (χ1n) is 10.5. The van der Waals surface area contributed by atoms with Gasteiger partial charge in [-0.1, -0.05) is 26.0 Å². The number of hydrogen-bond acceptors (Lipinski definition) is 6. The molecule has 1 aromatic heterocycles. The Morgan fingerprint density at radius 1 is 1.06 bits per heavy atom. The largest absolute Gasteiger partial charge is 0.493 e. The lowest BCUT2D eigenvalue weighted by atomic mass is 10.0. The third-order valence-electron chi connectivity index (χ3n) is 4.63. The smallest absolute Gasteiger partial charge is 0.226 e. The van der Waals surface area contributed by atoms with Gasteiger partial charge in [0.25, 0.3) is 0 Å². The quantitative estimate of drug-likeness (QED) is 0.374. The maximum Gasteiger partial charge on any atom is 0.226 e. The molecule has 0 N–H and O–H groups in total. The second kappa shape index (κ2) is 10.7. The van der Waals surface area contributed by atoms with E-state index in [1.165, 1.54) is 0 Å². The van der Waals surface area contributed by atoms with Crippen LogP contribution < -0.4 is 14.2 Å². The summed E-state index contributed by atoms with van der Waals surface area (Å²) >= 11 is 0. The molecular weight excluding hydrogens is 394 g/mol. The molecule has 0 unspecified atom stereocenters. The molecule has 0 fully saturated rings. The predicted octanol–water partition coefficient (Wildman–Crippen LogP) is 5.60. The van der Waals surface area contributed by atoms with Crippen molar-refractivity contribution in [2.75, 3.05) is 20.3 Å². The fraction of sp³-hybridized carbons (Fsp3) is 0.360. The van der Waals surface area contributed by atoms with Crippen molar-refractivity contribution in [3.05, 3.63) is 60.0 Å². The Kier molecular flexibility index (Phi) is 7.70. The second-order valence-corrected chi connectivity index (χ2v) is 7.57. The Balaban J connectivity index is 1.69. The second-order valence-electron chi connectivity index (χ2n) is 7.57. The van der Waals surface area contributed by atoms with Crippen molar-refractivity contribution >= 4 is 5.78 Å². The number of carbonyl (C=O) groups is 1. The Bertz CT molecular complexity index is 1010. The average molecular weight is 424 g/mol. The number of aryl methyl sites for hydroxylation is 1. The van der Waals surface area contributed by atoms with Gasteiger partial charge in [-0.25, -0.2) is 4.98 Å². The van der Waals surface area contributed by atoms with Crippen LogP contribution in [-0.4, -0.2) is 31.1 Å². The van der Waals surface area contributed by atoms with Crippen molar-refractivity contribution in [3.8, 4) is 28.7 Å². The highest BCUT2D eigenvalue weighted by atomic mass is 16.5. The van der Waals surface area contributed by atoms with E-state index >= 15 is 0 Å². The van der Waals surface area contributed by atoms with Crippen LogP contribution in [0.2, 0.25) is 0 Å². The van der Waals surface area contributed by atoms with Crippen LogP contribution in [0.3, 0.4) is 0 Å². The van der Waals surface area contributed by atoms with Crippen LogP contribution >= 0.6 is 0 Å². The SMILES string of the molecule is CCOc1ccccc1C(=O)CCc1coc(-c2ccc(OC)c(OCC(C)C)c2)n1. The van der Waals surface area contributed by atoms with E-state index in [1.807, 2.05) is 43.3 Å². The number of carbonyl (C=O) groups excluding carboxylic acids is 1. The first kappa shape index (κ1) is 22.4. The zero-order valence-corrected chi connectivity index (χ0v) is 18.5. The summed E-state index contributed by atoms with van der Waals surface area (Å²) in [6.45, 7) is 7.18. The summed E-state index contributed by atoms with van der Waals surface area (Å²) in [4.78, 5) is 17.2. The molecule has 0 saturated carbocycles. The molecule has 0 aliphatic heterocycles. The Hall–Kier alpha value is -3.28. The molecule has 6 nitrogen and oxygen atoms in total. The zero-order chi connectivity index (χ0) is 22.2. The van der Waals surface area contributed by atoms with E-state index in [1.54, 1.807) is 19.4 Å². The molecule has 3 rings (SSSR count). The van der Waals surface area contributed by atoms with Crippen LogP contribution in [0.5, 0.6) is 17.2 Å². The number of ether oxygens (including phenoxy) is 3. The molecule has 0 aliphatic carbocycles. The number of nitrogens with zero attached hydrogens (tertiary/aromatic N) is 1. The number of oxazole rings is 1. The van der Waals surface area contributed by atoms with Gasteiger partial charge in [0.15, 0.2) is 17.3 Å². The van der Waals surface area contributed by atoms with Crippen molar-refractivity contribution in [1.82, 2.24) is 4.98 Å². The molecule has 31 heavy (non-hydrogen) atoms. The van der Waals surface area contributed by atoms with E-state index in [0.29, 0.717) is 60.7 Å². The molecule has 0 amide bonds. The van der Waals surface area contributed by atoms with Crippen LogP contribution in [0.4, 0.5) is 0 Å². The van der Waals surface area contributed by atoms with Gasteiger partial charge in [0.2, 0.25) is 5.89 Å². The van der Waals surface area contributed by atoms with Crippen molar-refractivity contribution < 1.29 is 23.4 Å². The first-order chi connectivity index (χ1) is 15.0. The normalized spacial score (nSPS) is 10.9. The molecule has 6 heteroatoms. The summed E-state index contributed by atoms with van der Waals surface area (Å²) in [6.07, 6.45) is 2.40. The Morgan fingerprint density at radius 3 is 2.61 bits per heavy atom. The molecule has 1 heterocycles. The van der Waals surface area contributed by atoms with E-state index in [2.05, 4.69) is 18.8 Å². The van der Waals surface area contributed by atoms with Crippen molar-refractivity contribution in [1.29, 1.82) is 0 Å². The summed E-state index contributed by atoms with van der Waals surface area (Å²) in [5.74, 6) is 2.82. The number of hydrogen-bond donors (Lipinski definition) is 0. The van der Waals surface area contributed by atoms with E-state index in [0.717, 1.165) is 11.3 Å². The fourth-order valence-electron chi connectivity index (χ4n) is 3.09. The molecule has 0 spiro atoms. The Labute approximate surface area is 183 Å². The first-order valence-corrected chi connectivity index (χ1v) is 10.5. The van der Waals surface area contributed by atoms with E-state index in [-0.39, 0.29) is 5.78 Å². The average Bonchev–Trinajstić information content (AvgIpc) is 3.25. The predicted molar refractivity (Wildman–Crippen MR) is 119 cm³/mol. The summed E-state index contributed by atoms with van der Waals surface area (Å²) < 4.78 is 22.5. The van der Waals surface area contributed by atoms with Gasteiger partial charge in [0, 0.05) is 18.4 Å². The zero-order valence-electron chi connectivity index (χ0n) is 18.5. The number of aromatic nitrogens is 1. The van der Waals surface area contributed by atoms with Crippen LogP contribution in [0.25, 0.3) is 11.5 Å². The van der Waals surface area contributed by atoms with Crippen LogP contribution in [-0.2, 0) is 6.42 Å². The number of Topliss-reactive ketones (excluding diaryl/α,β-unsaturated/α-hetero) is 1. The molecule has 3 aromatic rings. The molecule has 0 bridgehead atoms. The summed E-state index contributed by atoms with van der Waals surface area (Å²) in [6, 6.07) is 12.9. The van der Waals surface area contributed by atoms with Gasteiger partial charge in [-0.15, -0.1) is 0 Å². The molecule has 164 valence electrons. The van der Waals surface area contributed by atoms with Gasteiger partial charge in [-0.2, -0.15) is 0 Å². The van der Waals surface area contributed by atoms with Crippen LogP contribution in [0.1, 0.15) is 43.2 Å². The maximum atomic E-state index is 12.7. The van der Waals surface area contributed by atoms with Crippen LogP contribution in [0.15, 0.2) is 53.1 Å². The summed E-state index contributed by atoms with van der Waals surface area (Å²) in [5.41, 5.74) is 2.10. The maximum absolute atomic E-state index is 12.7. The van der Waals surface area contributed by atoms with Gasteiger partial charge in [-0.3, -0.25) is 4.79 Å². The minimum Gasteiger partial charge on any atom is -0.493 e. The molecule has 0 aliphatic rings. The molecular formula is C25H29NO5. The minimum atomic E-state index is 0.0161. The highest BCUT2D eigenvalue weighted by molar-refractivity contribution is 5.98. The highest BCUT2D eigenvalue weighted by Crippen LogP contribution is 2.32. The van der Waals surface area contributed by atoms with E-state index in [4.69, 9.17) is 18.6 Å². The van der Waals surface area contributed by atoms with Crippen molar-refractivity contribution in [2.45, 2.75) is 33.6 Å². The summed E-state index contributed by atoms with van der Waals surface area (Å²) in [5, 5.41) is 0. The van der Waals surface area contributed by atoms with E-state index < -0.39 is 0 Å². The van der Waals surface area contributed by atoms with Crippen molar-refractivity contribution in [3.63, 3.8) is 0 Å². The number of ketones is 1. The molecule has 0 radical (unpaired) electrons. The lowest BCUT2D eigenvalue weighted by molar-refractivity contribution is 0.0979. The Morgan fingerprint density at radius 2 is 1.87 bits per heavy atom. The number of rotatable bonds is 11. The van der Waals surface area contributed by atoms with Gasteiger partial charge in [0.1, 0.15) is 12.0 Å². The third kappa shape index (κ3) is 5.87. The number of para-hydroxylation sites is 1. The van der Waals surface area contributed by atoms with Crippen LogP contribution in [0, 0.1) is 5.92 Å². The third-order valence-corrected chi connectivity index (χ3v) is 4.63. The lowest BCUT2D eigenvalue weighted by Gasteiger charge is -2.13. The van der Waals surface area contributed by atoms with Gasteiger partial charge < -0.3 is 18.6 Å². The molecule has 0 saturated heterocycles. The van der Waals surface area contributed by atoms with Gasteiger partial charge >= 0.3 is 0 Å². The standard InChI is InChI=1S/C25H29NO5/c1-5-29-22-9-7-6-8-20(22)21(27)12-11-19-16-31-25(26-19)18-10-13-23(28-4)24(14-18)30-15-17(2)3/h6-10,13-14,16-17H,5,11-12,15H2,1-4H3. The molecule has 2 aromatic carbocycles. The lowest BCUT2D eigenvalue weighted by Crippen LogP contribution is -2.05. The van der Waals surface area contributed by atoms with Gasteiger partial charge in [-0.05, 0) is 43.2 Å².